The van der Waals surface area contributed by atoms with Crippen LogP contribution in [0.1, 0.15) is 18.4 Å². The molecule has 13 heavy (non-hydrogen) atoms. The quantitative estimate of drug-likeness (QED) is 0.698. The average molecular weight is 179 g/mol. The molecule has 0 spiro atoms. The van der Waals surface area contributed by atoms with Gasteiger partial charge < -0.3 is 4.74 Å². The van der Waals surface area contributed by atoms with Crippen LogP contribution in [0.15, 0.2) is 18.2 Å². The second-order valence-electron chi connectivity index (χ2n) is 2.74. The van der Waals surface area contributed by atoms with Crippen LogP contribution in [-0.2, 0) is 0 Å². The van der Waals surface area contributed by atoms with Gasteiger partial charge in [0.1, 0.15) is 0 Å². The van der Waals surface area contributed by atoms with Gasteiger partial charge in [0.05, 0.1) is 19.1 Å². The van der Waals surface area contributed by atoms with E-state index in [2.05, 4.69) is 0 Å². The summed E-state index contributed by atoms with van der Waals surface area (Å²) < 4.78 is 17.9. The summed E-state index contributed by atoms with van der Waals surface area (Å²) in [7, 11) is 1.41. The number of hydrogen-bond donors (Lipinski definition) is 0. The normalized spacial score (nSPS) is 11.8. The Morgan fingerprint density at radius 1 is 1.54 bits per heavy atom. The molecule has 0 fully saturated rings. The number of nitriles is 1. The van der Waals surface area contributed by atoms with Gasteiger partial charge in [-0.3, -0.25) is 0 Å². The molecule has 0 bridgehead atoms. The van der Waals surface area contributed by atoms with Gasteiger partial charge in [0, 0.05) is 0 Å². The molecule has 0 heterocycles. The number of methoxy groups -OCH3 is 1. The standard InChI is InChI=1S/C10H10FNO/c1-7(6-12)8-3-4-10(13-2)9(11)5-8/h3-5,7H,1-2H3. The first-order valence-electron chi connectivity index (χ1n) is 3.92. The summed E-state index contributed by atoms with van der Waals surface area (Å²) in [5.74, 6) is -0.517. The SMILES string of the molecule is COc1ccc(C(C)C#N)cc1F. The fourth-order valence-corrected chi connectivity index (χ4v) is 1.03. The number of hydrogen-bond acceptors (Lipinski definition) is 2. The van der Waals surface area contributed by atoms with Crippen molar-refractivity contribution in [3.05, 3.63) is 29.6 Å². The highest BCUT2D eigenvalue weighted by Gasteiger charge is 2.07. The van der Waals surface area contributed by atoms with Gasteiger partial charge in [-0.1, -0.05) is 6.07 Å². The number of nitrogens with zero attached hydrogens (tertiary/aromatic N) is 1. The first-order valence-corrected chi connectivity index (χ1v) is 3.92. The minimum Gasteiger partial charge on any atom is -0.494 e. The Balaban J connectivity index is 3.04. The summed E-state index contributed by atoms with van der Waals surface area (Å²) in [6, 6.07) is 6.58. The van der Waals surface area contributed by atoms with Crippen molar-refractivity contribution in [1.82, 2.24) is 0 Å². The van der Waals surface area contributed by atoms with Crippen LogP contribution in [0.25, 0.3) is 0 Å². The average Bonchev–Trinajstić information content (AvgIpc) is 2.16. The van der Waals surface area contributed by atoms with Crippen LogP contribution in [0.4, 0.5) is 4.39 Å². The summed E-state index contributed by atoms with van der Waals surface area (Å²) in [6.45, 7) is 1.72. The fraction of sp³-hybridized carbons (Fsp3) is 0.300. The van der Waals surface area contributed by atoms with Crippen molar-refractivity contribution in [3.63, 3.8) is 0 Å². The highest BCUT2D eigenvalue weighted by molar-refractivity contribution is 5.32. The first kappa shape index (κ1) is 9.53. The molecular formula is C10H10FNO. The molecule has 0 amide bonds. The summed E-state index contributed by atoms with van der Waals surface area (Å²) in [5.41, 5.74) is 0.667. The molecule has 3 heteroatoms. The van der Waals surface area contributed by atoms with Crippen LogP contribution in [-0.4, -0.2) is 7.11 Å². The topological polar surface area (TPSA) is 33.0 Å². The van der Waals surface area contributed by atoms with E-state index in [0.29, 0.717) is 5.56 Å². The van der Waals surface area contributed by atoms with Crippen molar-refractivity contribution in [2.75, 3.05) is 7.11 Å². The van der Waals surface area contributed by atoms with Gasteiger partial charge in [0.25, 0.3) is 0 Å². The third-order valence-corrected chi connectivity index (χ3v) is 1.87. The van der Waals surface area contributed by atoms with Crippen LogP contribution >= 0.6 is 0 Å². The lowest BCUT2D eigenvalue weighted by Crippen LogP contribution is -1.93. The summed E-state index contributed by atoms with van der Waals surface area (Å²) in [6.07, 6.45) is 0. The van der Waals surface area contributed by atoms with E-state index in [1.807, 2.05) is 6.07 Å². The smallest absolute Gasteiger partial charge is 0.165 e. The monoisotopic (exact) mass is 179 g/mol. The van der Waals surface area contributed by atoms with Gasteiger partial charge in [0.15, 0.2) is 11.6 Å². The van der Waals surface area contributed by atoms with E-state index >= 15 is 0 Å². The lowest BCUT2D eigenvalue weighted by molar-refractivity contribution is 0.386. The molecule has 0 aromatic heterocycles. The van der Waals surface area contributed by atoms with Crippen molar-refractivity contribution in [1.29, 1.82) is 5.26 Å². The lowest BCUT2D eigenvalue weighted by atomic mass is 10.0. The molecule has 0 aliphatic heterocycles. The maximum absolute atomic E-state index is 13.1. The second kappa shape index (κ2) is 3.90. The summed E-state index contributed by atoms with van der Waals surface area (Å²) in [4.78, 5) is 0. The molecule has 1 unspecified atom stereocenters. The Morgan fingerprint density at radius 3 is 2.69 bits per heavy atom. The molecule has 0 aliphatic carbocycles. The van der Waals surface area contributed by atoms with Crippen molar-refractivity contribution in [2.24, 2.45) is 0 Å². The number of benzene rings is 1. The first-order chi connectivity index (χ1) is 6.19. The molecule has 0 aliphatic rings. The molecule has 1 aromatic rings. The van der Waals surface area contributed by atoms with Crippen LogP contribution in [0.2, 0.25) is 0 Å². The fourth-order valence-electron chi connectivity index (χ4n) is 1.03. The van der Waals surface area contributed by atoms with Crippen LogP contribution < -0.4 is 4.74 Å². The largest absolute Gasteiger partial charge is 0.494 e. The van der Waals surface area contributed by atoms with E-state index in [1.165, 1.54) is 19.2 Å². The van der Waals surface area contributed by atoms with E-state index < -0.39 is 5.82 Å². The molecule has 1 aromatic carbocycles. The Hall–Kier alpha value is -1.56. The van der Waals surface area contributed by atoms with Crippen molar-refractivity contribution < 1.29 is 9.13 Å². The van der Waals surface area contributed by atoms with Crippen molar-refractivity contribution in [3.8, 4) is 11.8 Å². The van der Waals surface area contributed by atoms with E-state index in [4.69, 9.17) is 10.00 Å². The molecule has 0 N–H and O–H groups in total. The van der Waals surface area contributed by atoms with E-state index in [-0.39, 0.29) is 11.7 Å². The van der Waals surface area contributed by atoms with Crippen molar-refractivity contribution >= 4 is 0 Å². The third kappa shape index (κ3) is 1.97. The lowest BCUT2D eigenvalue weighted by Gasteiger charge is -2.05. The molecule has 0 saturated heterocycles. The molecule has 2 nitrogen and oxygen atoms in total. The molecular weight excluding hydrogens is 169 g/mol. The molecule has 0 radical (unpaired) electrons. The Kier molecular flexibility index (Phi) is 2.86. The van der Waals surface area contributed by atoms with Gasteiger partial charge >= 0.3 is 0 Å². The predicted molar refractivity (Wildman–Crippen MR) is 47.0 cm³/mol. The van der Waals surface area contributed by atoms with Crippen LogP contribution in [0, 0.1) is 17.1 Å². The predicted octanol–water partition coefficient (Wildman–Crippen LogP) is 2.46. The minimum atomic E-state index is -0.429. The third-order valence-electron chi connectivity index (χ3n) is 1.87. The Morgan fingerprint density at radius 2 is 2.23 bits per heavy atom. The molecule has 1 rings (SSSR count). The van der Waals surface area contributed by atoms with Gasteiger partial charge in [-0.15, -0.1) is 0 Å². The molecule has 1 atom stereocenters. The molecule has 0 saturated carbocycles. The van der Waals surface area contributed by atoms with E-state index in [0.717, 1.165) is 0 Å². The van der Waals surface area contributed by atoms with Crippen molar-refractivity contribution in [2.45, 2.75) is 12.8 Å². The second-order valence-corrected chi connectivity index (χ2v) is 2.74. The Labute approximate surface area is 76.6 Å². The summed E-state index contributed by atoms with van der Waals surface area (Å²) in [5, 5.41) is 8.60. The zero-order chi connectivity index (χ0) is 9.84. The summed E-state index contributed by atoms with van der Waals surface area (Å²) >= 11 is 0. The maximum atomic E-state index is 13.1. The van der Waals surface area contributed by atoms with E-state index in [1.54, 1.807) is 13.0 Å². The van der Waals surface area contributed by atoms with Gasteiger partial charge in [0.2, 0.25) is 0 Å². The molecule has 68 valence electrons. The van der Waals surface area contributed by atoms with Crippen LogP contribution in [0.5, 0.6) is 5.75 Å². The Bertz CT molecular complexity index is 343. The highest BCUT2D eigenvalue weighted by atomic mass is 19.1. The zero-order valence-electron chi connectivity index (χ0n) is 7.54. The maximum Gasteiger partial charge on any atom is 0.165 e. The zero-order valence-corrected chi connectivity index (χ0v) is 7.54. The number of halogens is 1. The number of rotatable bonds is 2. The van der Waals surface area contributed by atoms with Gasteiger partial charge in [-0.25, -0.2) is 4.39 Å². The van der Waals surface area contributed by atoms with Gasteiger partial charge in [-0.05, 0) is 24.6 Å². The van der Waals surface area contributed by atoms with Gasteiger partial charge in [-0.2, -0.15) is 5.26 Å². The van der Waals surface area contributed by atoms with E-state index in [9.17, 15) is 4.39 Å². The highest BCUT2D eigenvalue weighted by Crippen LogP contribution is 2.22. The number of ether oxygens (including phenoxy) is 1. The van der Waals surface area contributed by atoms with Crippen LogP contribution in [0.3, 0.4) is 0 Å². The minimum absolute atomic E-state index is 0.203.